The molecule has 33 heavy (non-hydrogen) atoms. The molecule has 8 nitrogen and oxygen atoms in total. The number of phenols is 1. The Bertz CT molecular complexity index is 1330. The third-order valence-electron chi connectivity index (χ3n) is 5.74. The molecule has 3 aromatic rings. The first kappa shape index (κ1) is 20.7. The number of carbonyl (C=O) groups excluding carboxylic acids is 3. The van der Waals surface area contributed by atoms with Gasteiger partial charge in [-0.05, 0) is 23.8 Å². The first-order valence-electron chi connectivity index (χ1n) is 10.1. The summed E-state index contributed by atoms with van der Waals surface area (Å²) in [4.78, 5) is 40.2. The van der Waals surface area contributed by atoms with E-state index in [-0.39, 0.29) is 57.4 Å². The van der Waals surface area contributed by atoms with Gasteiger partial charge < -0.3 is 24.1 Å². The number of ketones is 2. The van der Waals surface area contributed by atoms with Gasteiger partial charge in [-0.25, -0.2) is 4.79 Å². The lowest BCUT2D eigenvalue weighted by Crippen LogP contribution is -2.25. The number of carbonyl (C=O) groups is 3. The molecule has 1 unspecified atom stereocenters. The molecule has 1 heterocycles. The lowest BCUT2D eigenvalue weighted by Gasteiger charge is -2.24. The van der Waals surface area contributed by atoms with E-state index in [4.69, 9.17) is 18.9 Å². The first-order valence-corrected chi connectivity index (χ1v) is 10.1. The van der Waals surface area contributed by atoms with Crippen molar-refractivity contribution in [1.29, 1.82) is 0 Å². The number of esters is 1. The molecule has 3 aromatic carbocycles. The number of phenolic OH excluding ortho intramolecular Hbond substituents is 1. The van der Waals surface area contributed by atoms with Gasteiger partial charge in [-0.2, -0.15) is 0 Å². The number of methoxy groups -OCH3 is 2. The van der Waals surface area contributed by atoms with Crippen LogP contribution in [0.15, 0.2) is 48.5 Å². The Balaban J connectivity index is 1.82. The maximum Gasteiger partial charge on any atom is 0.343 e. The highest BCUT2D eigenvalue weighted by atomic mass is 16.7. The number of hydrogen-bond acceptors (Lipinski definition) is 8. The molecular formula is C25H18O8. The second-order valence-electron chi connectivity index (χ2n) is 7.53. The lowest BCUT2D eigenvalue weighted by molar-refractivity contribution is 0.0417. The van der Waals surface area contributed by atoms with Crippen molar-refractivity contribution >= 4 is 17.5 Å². The normalized spacial score (nSPS) is 16.1. The largest absolute Gasteiger partial charge is 0.504 e. The van der Waals surface area contributed by atoms with Crippen LogP contribution in [-0.4, -0.2) is 43.7 Å². The molecular weight excluding hydrogens is 428 g/mol. The summed E-state index contributed by atoms with van der Waals surface area (Å²) in [5, 5.41) is 10.2. The number of hydrogen-bond donors (Lipinski definition) is 1. The molecule has 0 fully saturated rings. The predicted octanol–water partition coefficient (Wildman–Crippen LogP) is 3.42. The molecule has 0 saturated heterocycles. The van der Waals surface area contributed by atoms with Crippen molar-refractivity contribution in [3.8, 4) is 17.2 Å². The molecule has 0 saturated carbocycles. The summed E-state index contributed by atoms with van der Waals surface area (Å²) in [5.74, 6) is -1.98. The van der Waals surface area contributed by atoms with E-state index in [9.17, 15) is 19.5 Å². The smallest absolute Gasteiger partial charge is 0.343 e. The minimum Gasteiger partial charge on any atom is -0.504 e. The van der Waals surface area contributed by atoms with Crippen molar-refractivity contribution in [3.63, 3.8) is 0 Å². The average Bonchev–Trinajstić information content (AvgIpc) is 3.18. The highest BCUT2D eigenvalue weighted by Gasteiger charge is 2.45. The van der Waals surface area contributed by atoms with Crippen molar-refractivity contribution in [1.82, 2.24) is 0 Å². The van der Waals surface area contributed by atoms with Crippen LogP contribution in [-0.2, 0) is 9.47 Å². The summed E-state index contributed by atoms with van der Waals surface area (Å²) in [6.07, 6.45) is -0.897. The fourth-order valence-electron chi connectivity index (χ4n) is 4.36. The molecule has 2 aliphatic rings. The Morgan fingerprint density at radius 2 is 1.64 bits per heavy atom. The summed E-state index contributed by atoms with van der Waals surface area (Å²) in [6, 6.07) is 12.9. The molecule has 1 atom stereocenters. The fraction of sp³-hybridized carbons (Fsp3) is 0.160. The van der Waals surface area contributed by atoms with Crippen LogP contribution in [0.3, 0.4) is 0 Å². The number of ether oxygens (including phenoxy) is 4. The predicted molar refractivity (Wildman–Crippen MR) is 114 cm³/mol. The van der Waals surface area contributed by atoms with Crippen LogP contribution >= 0.6 is 0 Å². The van der Waals surface area contributed by atoms with Crippen LogP contribution in [0.5, 0.6) is 17.2 Å². The van der Waals surface area contributed by atoms with E-state index in [0.29, 0.717) is 5.56 Å². The molecule has 8 heteroatoms. The van der Waals surface area contributed by atoms with Crippen LogP contribution in [0.2, 0.25) is 0 Å². The maximum absolute atomic E-state index is 13.7. The van der Waals surface area contributed by atoms with Gasteiger partial charge in [0, 0.05) is 29.4 Å². The van der Waals surface area contributed by atoms with Crippen molar-refractivity contribution in [3.05, 3.63) is 87.5 Å². The van der Waals surface area contributed by atoms with Crippen molar-refractivity contribution in [2.75, 3.05) is 21.0 Å². The van der Waals surface area contributed by atoms with Crippen LogP contribution in [0.4, 0.5) is 0 Å². The molecule has 166 valence electrons. The van der Waals surface area contributed by atoms with E-state index in [2.05, 4.69) is 0 Å². The van der Waals surface area contributed by atoms with E-state index in [1.807, 2.05) is 6.07 Å². The van der Waals surface area contributed by atoms with Gasteiger partial charge in [-0.15, -0.1) is 0 Å². The van der Waals surface area contributed by atoms with E-state index < -0.39 is 23.6 Å². The third-order valence-corrected chi connectivity index (χ3v) is 5.74. The second-order valence-corrected chi connectivity index (χ2v) is 7.53. The fourth-order valence-corrected chi connectivity index (χ4v) is 4.36. The van der Waals surface area contributed by atoms with E-state index in [1.165, 1.54) is 32.4 Å². The zero-order chi connectivity index (χ0) is 23.3. The maximum atomic E-state index is 13.7. The van der Waals surface area contributed by atoms with Crippen LogP contribution < -0.4 is 9.47 Å². The molecule has 0 bridgehead atoms. The SMILES string of the molecule is COCOc1cc2c(c3c1C(=O)OC3c1ccccc1)C(=O)c1ccc(O)c(OC)c1C2=O. The minimum atomic E-state index is -0.897. The van der Waals surface area contributed by atoms with Gasteiger partial charge in [0.1, 0.15) is 11.3 Å². The van der Waals surface area contributed by atoms with Gasteiger partial charge in [0.2, 0.25) is 0 Å². The molecule has 1 N–H and O–H groups in total. The zero-order valence-electron chi connectivity index (χ0n) is 17.7. The molecule has 1 aliphatic carbocycles. The van der Waals surface area contributed by atoms with Crippen LogP contribution in [0.1, 0.15) is 59.4 Å². The number of aromatic hydroxyl groups is 1. The Morgan fingerprint density at radius 1 is 0.909 bits per heavy atom. The Hall–Kier alpha value is -4.17. The Kier molecular flexibility index (Phi) is 4.87. The van der Waals surface area contributed by atoms with Gasteiger partial charge in [0.25, 0.3) is 0 Å². The zero-order valence-corrected chi connectivity index (χ0v) is 17.7. The number of fused-ring (bicyclic) bond motifs is 4. The van der Waals surface area contributed by atoms with Gasteiger partial charge in [0.05, 0.1) is 12.7 Å². The highest BCUT2D eigenvalue weighted by molar-refractivity contribution is 6.31. The molecule has 0 amide bonds. The molecule has 0 spiro atoms. The summed E-state index contributed by atoms with van der Waals surface area (Å²) < 4.78 is 21.4. The number of cyclic esters (lactones) is 1. The van der Waals surface area contributed by atoms with Crippen LogP contribution in [0.25, 0.3) is 0 Å². The van der Waals surface area contributed by atoms with Crippen molar-refractivity contribution in [2.24, 2.45) is 0 Å². The van der Waals surface area contributed by atoms with E-state index in [0.717, 1.165) is 0 Å². The molecule has 5 rings (SSSR count). The minimum absolute atomic E-state index is 0.0282. The third kappa shape index (κ3) is 2.99. The Labute approximate surface area is 188 Å². The van der Waals surface area contributed by atoms with Crippen LogP contribution in [0, 0.1) is 0 Å². The van der Waals surface area contributed by atoms with Crippen molar-refractivity contribution in [2.45, 2.75) is 6.10 Å². The second kappa shape index (κ2) is 7.75. The summed E-state index contributed by atoms with van der Waals surface area (Å²) in [5.41, 5.74) is 1.11. The quantitative estimate of drug-likeness (QED) is 0.367. The average molecular weight is 446 g/mol. The standard InChI is InChI=1S/C25H18O8/c1-30-11-32-16-10-14-17(20-19(16)25(29)33-23(20)12-6-4-3-5-7-12)21(27)13-8-9-15(26)24(31-2)18(13)22(14)28/h3-10,23,26H,11H2,1-2H3. The van der Waals surface area contributed by atoms with Gasteiger partial charge >= 0.3 is 5.97 Å². The molecule has 0 aromatic heterocycles. The topological polar surface area (TPSA) is 108 Å². The highest BCUT2D eigenvalue weighted by Crippen LogP contribution is 2.48. The van der Waals surface area contributed by atoms with Crippen molar-refractivity contribution < 1.29 is 38.4 Å². The van der Waals surface area contributed by atoms with E-state index >= 15 is 0 Å². The number of rotatable bonds is 5. The summed E-state index contributed by atoms with van der Waals surface area (Å²) in [6.45, 7) is -0.183. The Morgan fingerprint density at radius 3 is 2.33 bits per heavy atom. The molecule has 0 radical (unpaired) electrons. The molecule has 1 aliphatic heterocycles. The summed E-state index contributed by atoms with van der Waals surface area (Å²) >= 11 is 0. The van der Waals surface area contributed by atoms with E-state index in [1.54, 1.807) is 24.3 Å². The summed E-state index contributed by atoms with van der Waals surface area (Å²) in [7, 11) is 2.72. The monoisotopic (exact) mass is 446 g/mol. The van der Waals surface area contributed by atoms with Gasteiger partial charge in [-0.1, -0.05) is 30.3 Å². The number of benzene rings is 3. The van der Waals surface area contributed by atoms with Gasteiger partial charge in [-0.3, -0.25) is 9.59 Å². The first-order chi connectivity index (χ1) is 16.0. The lowest BCUT2D eigenvalue weighted by atomic mass is 9.78. The van der Waals surface area contributed by atoms with Gasteiger partial charge in [0.15, 0.2) is 36.0 Å².